The molecule has 0 amide bonds. The first-order valence-corrected chi connectivity index (χ1v) is 9.66. The minimum atomic E-state index is -3.32. The summed E-state index contributed by atoms with van der Waals surface area (Å²) in [5.74, 6) is 0. The lowest BCUT2D eigenvalue weighted by Crippen LogP contribution is -1.95. The Labute approximate surface area is 117 Å². The maximum absolute atomic E-state index is 11.6. The van der Waals surface area contributed by atoms with Gasteiger partial charge in [-0.25, -0.2) is 4.57 Å². The van der Waals surface area contributed by atoms with Gasteiger partial charge in [-0.05, 0) is 12.8 Å². The fourth-order valence-corrected chi connectivity index (χ4v) is 2.80. The van der Waals surface area contributed by atoms with Crippen LogP contribution in [0.25, 0.3) is 0 Å². The lowest BCUT2D eigenvalue weighted by atomic mass is 10.1. The first-order chi connectivity index (χ1) is 8.62. The van der Waals surface area contributed by atoms with Gasteiger partial charge in [0.15, 0.2) is 0 Å². The predicted octanol–water partition coefficient (Wildman–Crippen LogP) is 5.92. The Bertz CT molecular complexity index is 224. The highest BCUT2D eigenvalue weighted by Gasteiger charge is 2.19. The van der Waals surface area contributed by atoms with Crippen molar-refractivity contribution in [3.8, 4) is 0 Å². The molecule has 0 saturated carbocycles. The molecule has 0 saturated heterocycles. The van der Waals surface area contributed by atoms with Crippen LogP contribution in [-0.2, 0) is 13.6 Å². The third-order valence-corrected chi connectivity index (χ3v) is 4.30. The van der Waals surface area contributed by atoms with Crippen LogP contribution in [0.4, 0.5) is 0 Å². The standard InChI is InChI=1S/C13H28ClO3P/c1-3-5-7-8-9-11-13-17-18(14,15)16-12-10-6-4-2/h3-13H2,1-2H3. The summed E-state index contributed by atoms with van der Waals surface area (Å²) in [7, 11) is 0. The summed E-state index contributed by atoms with van der Waals surface area (Å²) in [5, 5.41) is 0. The molecule has 0 aliphatic heterocycles. The van der Waals surface area contributed by atoms with Gasteiger partial charge in [-0.15, -0.1) is 0 Å². The van der Waals surface area contributed by atoms with Crippen LogP contribution in [0.3, 0.4) is 0 Å². The lowest BCUT2D eigenvalue weighted by Gasteiger charge is -2.11. The van der Waals surface area contributed by atoms with Crippen molar-refractivity contribution in [2.75, 3.05) is 13.2 Å². The highest BCUT2D eigenvalue weighted by Crippen LogP contribution is 2.53. The van der Waals surface area contributed by atoms with Crippen molar-refractivity contribution in [2.24, 2.45) is 0 Å². The Morgan fingerprint density at radius 2 is 1.17 bits per heavy atom. The van der Waals surface area contributed by atoms with E-state index in [0.29, 0.717) is 13.2 Å². The third-order valence-electron chi connectivity index (χ3n) is 2.74. The summed E-state index contributed by atoms with van der Waals surface area (Å²) < 4.78 is 21.8. The predicted molar refractivity (Wildman–Crippen MR) is 78.3 cm³/mol. The molecule has 110 valence electrons. The zero-order chi connectivity index (χ0) is 13.7. The van der Waals surface area contributed by atoms with Crippen LogP contribution in [0.2, 0.25) is 0 Å². The van der Waals surface area contributed by atoms with Crippen LogP contribution in [0.15, 0.2) is 0 Å². The summed E-state index contributed by atoms with van der Waals surface area (Å²) in [4.78, 5) is 0. The maximum Gasteiger partial charge on any atom is 0.424 e. The molecular weight excluding hydrogens is 271 g/mol. The number of hydrogen-bond acceptors (Lipinski definition) is 3. The highest BCUT2D eigenvalue weighted by molar-refractivity contribution is 7.81. The van der Waals surface area contributed by atoms with Crippen molar-refractivity contribution in [3.05, 3.63) is 0 Å². The molecule has 0 aliphatic rings. The zero-order valence-electron chi connectivity index (χ0n) is 11.8. The Morgan fingerprint density at radius 1 is 0.778 bits per heavy atom. The molecule has 0 fully saturated rings. The van der Waals surface area contributed by atoms with Gasteiger partial charge in [0, 0.05) is 11.2 Å². The topological polar surface area (TPSA) is 35.5 Å². The molecule has 0 aromatic carbocycles. The summed E-state index contributed by atoms with van der Waals surface area (Å²) in [6.45, 7) is 1.83. The Balaban J connectivity index is 3.38. The van der Waals surface area contributed by atoms with Crippen LogP contribution in [0.1, 0.15) is 71.6 Å². The third kappa shape index (κ3) is 12.9. The van der Waals surface area contributed by atoms with E-state index < -0.39 is 6.95 Å². The number of rotatable bonds is 13. The van der Waals surface area contributed by atoms with Gasteiger partial charge in [0.25, 0.3) is 0 Å². The largest absolute Gasteiger partial charge is 0.424 e. The second-order valence-corrected chi connectivity index (χ2v) is 7.19. The molecule has 0 N–H and O–H groups in total. The zero-order valence-corrected chi connectivity index (χ0v) is 13.5. The first-order valence-electron chi connectivity index (χ1n) is 7.21. The van der Waals surface area contributed by atoms with Crippen LogP contribution in [0.5, 0.6) is 0 Å². The molecule has 1 atom stereocenters. The maximum atomic E-state index is 11.6. The molecule has 0 aliphatic carbocycles. The van der Waals surface area contributed by atoms with Gasteiger partial charge in [-0.2, -0.15) is 0 Å². The second kappa shape index (κ2) is 12.5. The fourth-order valence-electron chi connectivity index (χ4n) is 1.62. The van der Waals surface area contributed by atoms with E-state index in [4.69, 9.17) is 20.3 Å². The van der Waals surface area contributed by atoms with Gasteiger partial charge in [-0.1, -0.05) is 58.8 Å². The molecule has 3 nitrogen and oxygen atoms in total. The van der Waals surface area contributed by atoms with Crippen LogP contribution in [0, 0.1) is 0 Å². The van der Waals surface area contributed by atoms with Gasteiger partial charge in [-0.3, -0.25) is 9.05 Å². The smallest absolute Gasteiger partial charge is 0.297 e. The molecule has 0 aromatic rings. The monoisotopic (exact) mass is 298 g/mol. The van der Waals surface area contributed by atoms with Crippen molar-refractivity contribution in [1.82, 2.24) is 0 Å². The van der Waals surface area contributed by atoms with Crippen molar-refractivity contribution in [2.45, 2.75) is 71.6 Å². The van der Waals surface area contributed by atoms with Crippen molar-refractivity contribution >= 4 is 18.2 Å². The average molecular weight is 299 g/mol. The van der Waals surface area contributed by atoms with E-state index in [-0.39, 0.29) is 0 Å². The quantitative estimate of drug-likeness (QED) is 0.313. The molecule has 0 radical (unpaired) electrons. The average Bonchev–Trinajstić information content (AvgIpc) is 2.34. The van der Waals surface area contributed by atoms with E-state index in [1.54, 1.807) is 0 Å². The van der Waals surface area contributed by atoms with E-state index in [1.807, 2.05) is 0 Å². The minimum absolute atomic E-state index is 0.422. The van der Waals surface area contributed by atoms with E-state index in [1.165, 1.54) is 25.7 Å². The Hall–Kier alpha value is 0.440. The SMILES string of the molecule is CCCCCCCCOP(=O)(Cl)OCCCCC. The normalized spacial score (nSPS) is 14.6. The molecule has 5 heteroatoms. The van der Waals surface area contributed by atoms with Crippen molar-refractivity contribution < 1.29 is 13.6 Å². The van der Waals surface area contributed by atoms with Gasteiger partial charge in [0.2, 0.25) is 0 Å². The molecule has 0 heterocycles. The fraction of sp³-hybridized carbons (Fsp3) is 1.00. The molecular formula is C13H28ClO3P. The van der Waals surface area contributed by atoms with Crippen LogP contribution < -0.4 is 0 Å². The first kappa shape index (κ1) is 18.4. The van der Waals surface area contributed by atoms with Crippen LogP contribution in [-0.4, -0.2) is 13.2 Å². The lowest BCUT2D eigenvalue weighted by molar-refractivity contribution is 0.211. The molecule has 0 bridgehead atoms. The molecule has 0 aromatic heterocycles. The van der Waals surface area contributed by atoms with Crippen LogP contribution >= 0.6 is 18.2 Å². The molecule has 0 spiro atoms. The summed E-state index contributed by atoms with van der Waals surface area (Å²) in [6.07, 6.45) is 10.1. The van der Waals surface area contributed by atoms with E-state index >= 15 is 0 Å². The van der Waals surface area contributed by atoms with Crippen molar-refractivity contribution in [1.29, 1.82) is 0 Å². The number of hydrogen-bond donors (Lipinski definition) is 0. The minimum Gasteiger partial charge on any atom is -0.297 e. The number of unbranched alkanes of at least 4 members (excludes halogenated alkanes) is 7. The molecule has 0 rings (SSSR count). The van der Waals surface area contributed by atoms with E-state index in [0.717, 1.165) is 32.1 Å². The van der Waals surface area contributed by atoms with Gasteiger partial charge in [0.05, 0.1) is 13.2 Å². The summed E-state index contributed by atoms with van der Waals surface area (Å²) in [5.41, 5.74) is 0. The van der Waals surface area contributed by atoms with E-state index in [9.17, 15) is 4.57 Å². The summed E-state index contributed by atoms with van der Waals surface area (Å²) >= 11 is 5.69. The van der Waals surface area contributed by atoms with E-state index in [2.05, 4.69) is 13.8 Å². The summed E-state index contributed by atoms with van der Waals surface area (Å²) in [6, 6.07) is 0. The second-order valence-electron chi connectivity index (χ2n) is 4.57. The van der Waals surface area contributed by atoms with Gasteiger partial charge < -0.3 is 0 Å². The molecule has 1 unspecified atom stereocenters. The van der Waals surface area contributed by atoms with Gasteiger partial charge >= 0.3 is 6.95 Å². The Kier molecular flexibility index (Phi) is 12.8. The highest BCUT2D eigenvalue weighted by atomic mass is 35.7. The Morgan fingerprint density at radius 3 is 1.72 bits per heavy atom. The van der Waals surface area contributed by atoms with Gasteiger partial charge in [0.1, 0.15) is 0 Å². The number of halogens is 1. The van der Waals surface area contributed by atoms with Crippen molar-refractivity contribution in [3.63, 3.8) is 0 Å². The molecule has 18 heavy (non-hydrogen) atoms.